The van der Waals surface area contributed by atoms with Gasteiger partial charge in [0, 0.05) is 22.5 Å². The molecule has 0 bridgehead atoms. The molecule has 0 unspecified atom stereocenters. The second kappa shape index (κ2) is 10.4. The number of hydrogen-bond donors (Lipinski definition) is 1. The highest BCUT2D eigenvalue weighted by molar-refractivity contribution is 7.92. The van der Waals surface area contributed by atoms with E-state index in [-0.39, 0.29) is 17.4 Å². The molecule has 3 aromatic rings. The van der Waals surface area contributed by atoms with Crippen LogP contribution in [0.1, 0.15) is 50.9 Å². The molecule has 0 saturated carbocycles. The summed E-state index contributed by atoms with van der Waals surface area (Å²) in [6, 6.07) is 12.1. The second-order valence-electron chi connectivity index (χ2n) is 8.06. The Morgan fingerprint density at radius 3 is 2.37 bits per heavy atom. The van der Waals surface area contributed by atoms with Gasteiger partial charge in [-0.15, -0.1) is 11.3 Å². The zero-order valence-corrected chi connectivity index (χ0v) is 21.7. The van der Waals surface area contributed by atoms with Gasteiger partial charge < -0.3 is 10.1 Å². The van der Waals surface area contributed by atoms with Crippen LogP contribution in [0.15, 0.2) is 53.4 Å². The molecule has 184 valence electrons. The van der Waals surface area contributed by atoms with Gasteiger partial charge in [0.15, 0.2) is 0 Å². The Morgan fingerprint density at radius 2 is 1.71 bits per heavy atom. The molecule has 2 aromatic carbocycles. The van der Waals surface area contributed by atoms with E-state index in [1.807, 2.05) is 0 Å². The third-order valence-electron chi connectivity index (χ3n) is 5.84. The first-order valence-corrected chi connectivity index (χ1v) is 13.8. The maximum atomic E-state index is 13.0. The van der Waals surface area contributed by atoms with Gasteiger partial charge in [0.05, 0.1) is 22.8 Å². The van der Waals surface area contributed by atoms with Crippen molar-refractivity contribution in [1.82, 2.24) is 0 Å². The van der Waals surface area contributed by atoms with Crippen molar-refractivity contribution in [1.29, 1.82) is 0 Å². The normalized spacial score (nSPS) is 13.1. The van der Waals surface area contributed by atoms with Crippen LogP contribution < -0.4 is 9.62 Å². The van der Waals surface area contributed by atoms with Gasteiger partial charge in [0.25, 0.3) is 15.9 Å². The highest BCUT2D eigenvalue weighted by atomic mass is 35.5. The molecule has 1 aliphatic carbocycles. The van der Waals surface area contributed by atoms with Crippen LogP contribution in [0.25, 0.3) is 0 Å². The van der Waals surface area contributed by atoms with Crippen molar-refractivity contribution in [2.24, 2.45) is 0 Å². The van der Waals surface area contributed by atoms with Gasteiger partial charge in [0.1, 0.15) is 5.00 Å². The van der Waals surface area contributed by atoms with E-state index in [9.17, 15) is 18.0 Å². The van der Waals surface area contributed by atoms with Crippen molar-refractivity contribution < 1.29 is 22.7 Å². The minimum absolute atomic E-state index is 0.111. The van der Waals surface area contributed by atoms with Crippen molar-refractivity contribution in [3.8, 4) is 0 Å². The summed E-state index contributed by atoms with van der Waals surface area (Å²) in [6.45, 7) is 2.01. The Labute approximate surface area is 213 Å². The molecule has 0 saturated heterocycles. The summed E-state index contributed by atoms with van der Waals surface area (Å²) in [6.07, 6.45) is 3.72. The van der Waals surface area contributed by atoms with E-state index in [1.165, 1.54) is 42.6 Å². The van der Waals surface area contributed by atoms with Gasteiger partial charge in [-0.1, -0.05) is 11.6 Å². The first-order chi connectivity index (χ1) is 16.7. The van der Waals surface area contributed by atoms with Gasteiger partial charge in [-0.2, -0.15) is 0 Å². The van der Waals surface area contributed by atoms with Crippen LogP contribution in [0, 0.1) is 0 Å². The molecule has 1 N–H and O–H groups in total. The number of aryl methyl sites for hydroxylation is 1. The number of carbonyl (C=O) groups excluding carboxylic acids is 2. The highest BCUT2D eigenvalue weighted by Gasteiger charge is 2.27. The van der Waals surface area contributed by atoms with Crippen molar-refractivity contribution >= 4 is 55.5 Å². The number of nitrogens with zero attached hydrogens (tertiary/aromatic N) is 1. The molecule has 35 heavy (non-hydrogen) atoms. The van der Waals surface area contributed by atoms with Crippen molar-refractivity contribution in [3.05, 3.63) is 75.1 Å². The smallest absolute Gasteiger partial charge is 0.341 e. The predicted molar refractivity (Wildman–Crippen MR) is 138 cm³/mol. The molecule has 0 spiro atoms. The largest absolute Gasteiger partial charge is 0.462 e. The molecule has 1 heterocycles. The zero-order valence-electron chi connectivity index (χ0n) is 19.3. The van der Waals surface area contributed by atoms with Gasteiger partial charge in [-0.05, 0) is 86.7 Å². The molecule has 0 atom stereocenters. The summed E-state index contributed by atoms with van der Waals surface area (Å²) in [4.78, 5) is 26.8. The number of halogens is 1. The van der Waals surface area contributed by atoms with Crippen LogP contribution in [-0.4, -0.2) is 33.9 Å². The third kappa shape index (κ3) is 5.22. The summed E-state index contributed by atoms with van der Waals surface area (Å²) >= 11 is 7.28. The second-order valence-corrected chi connectivity index (χ2v) is 11.6. The molecule has 1 aliphatic rings. The van der Waals surface area contributed by atoms with E-state index in [1.54, 1.807) is 31.2 Å². The average molecular weight is 533 g/mol. The van der Waals surface area contributed by atoms with E-state index < -0.39 is 16.0 Å². The van der Waals surface area contributed by atoms with Crippen LogP contribution in [0.2, 0.25) is 5.02 Å². The predicted octanol–water partition coefficient (Wildman–Crippen LogP) is 5.53. The lowest BCUT2D eigenvalue weighted by Crippen LogP contribution is -2.26. The number of nitrogens with one attached hydrogen (secondary N) is 1. The standard InChI is InChI=1S/C25H25ClN2O5S2/c1-3-33-25(30)22-20-6-4-5-7-21(20)34-24(22)27-23(29)16-8-12-18(13-9-16)28(2)35(31,32)19-14-10-17(26)11-15-19/h8-15H,3-7H2,1-2H3,(H,27,29). The Bertz CT molecular complexity index is 1350. The number of benzene rings is 2. The van der Waals surface area contributed by atoms with E-state index in [4.69, 9.17) is 16.3 Å². The van der Waals surface area contributed by atoms with Gasteiger partial charge in [-0.3, -0.25) is 9.10 Å². The first-order valence-electron chi connectivity index (χ1n) is 11.2. The average Bonchev–Trinajstić information content (AvgIpc) is 3.22. The van der Waals surface area contributed by atoms with E-state index in [0.29, 0.717) is 26.8 Å². The van der Waals surface area contributed by atoms with Gasteiger partial charge in [0.2, 0.25) is 0 Å². The highest BCUT2D eigenvalue weighted by Crippen LogP contribution is 2.39. The summed E-state index contributed by atoms with van der Waals surface area (Å²) in [5, 5.41) is 3.80. The van der Waals surface area contributed by atoms with Crippen molar-refractivity contribution in [2.45, 2.75) is 37.5 Å². The summed E-state index contributed by atoms with van der Waals surface area (Å²) in [5.41, 5.74) is 2.16. The Morgan fingerprint density at radius 1 is 1.06 bits per heavy atom. The summed E-state index contributed by atoms with van der Waals surface area (Å²) < 4.78 is 32.2. The van der Waals surface area contributed by atoms with Crippen molar-refractivity contribution in [2.75, 3.05) is 23.3 Å². The van der Waals surface area contributed by atoms with Crippen LogP contribution in [-0.2, 0) is 27.6 Å². The Balaban J connectivity index is 1.55. The topological polar surface area (TPSA) is 92.8 Å². The summed E-state index contributed by atoms with van der Waals surface area (Å²) in [5.74, 6) is -0.810. The van der Waals surface area contributed by atoms with Crippen LogP contribution in [0.3, 0.4) is 0 Å². The Kier molecular flexibility index (Phi) is 7.49. The first kappa shape index (κ1) is 25.2. The quantitative estimate of drug-likeness (QED) is 0.404. The van der Waals surface area contributed by atoms with E-state index in [2.05, 4.69) is 5.32 Å². The maximum Gasteiger partial charge on any atom is 0.341 e. The monoisotopic (exact) mass is 532 g/mol. The van der Waals surface area contributed by atoms with Gasteiger partial charge >= 0.3 is 5.97 Å². The fourth-order valence-corrected chi connectivity index (χ4v) is 6.57. The number of esters is 1. The molecule has 10 heteroatoms. The number of anilines is 2. The number of amides is 1. The van der Waals surface area contributed by atoms with Crippen LogP contribution >= 0.6 is 22.9 Å². The SMILES string of the molecule is CCOC(=O)c1c(NC(=O)c2ccc(N(C)S(=O)(=O)c3ccc(Cl)cc3)cc2)sc2c1CCCC2. The number of thiophene rings is 1. The fraction of sp³-hybridized carbons (Fsp3) is 0.280. The van der Waals surface area contributed by atoms with E-state index in [0.717, 1.165) is 40.4 Å². The molecular formula is C25H25ClN2O5S2. The lowest BCUT2D eigenvalue weighted by molar-refractivity contribution is 0.0526. The van der Waals surface area contributed by atoms with Crippen molar-refractivity contribution in [3.63, 3.8) is 0 Å². The summed E-state index contributed by atoms with van der Waals surface area (Å²) in [7, 11) is -2.34. The van der Waals surface area contributed by atoms with Crippen LogP contribution in [0.4, 0.5) is 10.7 Å². The van der Waals surface area contributed by atoms with E-state index >= 15 is 0 Å². The molecule has 0 radical (unpaired) electrons. The maximum absolute atomic E-state index is 13.0. The third-order valence-corrected chi connectivity index (χ3v) is 9.10. The van der Waals surface area contributed by atoms with Gasteiger partial charge in [-0.25, -0.2) is 13.2 Å². The lowest BCUT2D eigenvalue weighted by atomic mass is 9.95. The number of carbonyl (C=O) groups is 2. The minimum Gasteiger partial charge on any atom is -0.462 e. The molecular weight excluding hydrogens is 508 g/mol. The van der Waals surface area contributed by atoms with Crippen LogP contribution in [0.5, 0.6) is 0 Å². The number of fused-ring (bicyclic) bond motifs is 1. The zero-order chi connectivity index (χ0) is 25.2. The number of rotatable bonds is 7. The minimum atomic E-state index is -3.79. The molecule has 1 aromatic heterocycles. The molecule has 1 amide bonds. The lowest BCUT2D eigenvalue weighted by Gasteiger charge is -2.19. The number of ether oxygens (including phenoxy) is 1. The molecule has 4 rings (SSSR count). The number of hydrogen-bond acceptors (Lipinski definition) is 6. The molecule has 0 fully saturated rings. The fourth-order valence-electron chi connectivity index (χ4n) is 3.97. The molecule has 0 aliphatic heterocycles. The molecule has 7 nitrogen and oxygen atoms in total. The Hall–Kier alpha value is -2.88. The number of sulfonamides is 1.